The minimum Gasteiger partial charge on any atom is -0.313 e. The Bertz CT molecular complexity index is 482. The third-order valence-electron chi connectivity index (χ3n) is 2.74. The summed E-state index contributed by atoms with van der Waals surface area (Å²) < 4.78 is 3.02. The molecule has 2 aromatic rings. The summed E-state index contributed by atoms with van der Waals surface area (Å²) >= 11 is 3.59. The Hall–Kier alpha value is -1.20. The van der Waals surface area contributed by atoms with Gasteiger partial charge in [-0.05, 0) is 37.1 Å². The highest BCUT2D eigenvalue weighted by atomic mass is 79.9. The van der Waals surface area contributed by atoms with Crippen LogP contribution in [0.2, 0.25) is 0 Å². The smallest absolute Gasteiger partial charge is 0.0692 e. The monoisotopic (exact) mass is 308 g/mol. The molecule has 1 aromatic heterocycles. The fourth-order valence-corrected chi connectivity index (χ4v) is 2.37. The maximum absolute atomic E-state index is 3.93. The number of aryl methyl sites for hydroxylation is 2. The van der Waals surface area contributed by atoms with E-state index < -0.39 is 0 Å². The first-order valence-electron chi connectivity index (χ1n) is 6.05. The van der Waals surface area contributed by atoms with Crippen molar-refractivity contribution in [2.75, 3.05) is 6.54 Å². The van der Waals surface area contributed by atoms with E-state index in [4.69, 9.17) is 0 Å². The van der Waals surface area contributed by atoms with Crippen LogP contribution in [0.3, 0.4) is 0 Å². The molecule has 0 aliphatic carbocycles. The molecule has 18 heavy (non-hydrogen) atoms. The van der Waals surface area contributed by atoms with Crippen molar-refractivity contribution in [1.29, 1.82) is 0 Å². The van der Waals surface area contributed by atoms with E-state index in [-0.39, 0.29) is 0 Å². The minimum atomic E-state index is 0.887. The Morgan fingerprint density at radius 1 is 1.39 bits per heavy atom. The zero-order valence-corrected chi connectivity index (χ0v) is 12.0. The molecule has 0 saturated heterocycles. The molecule has 0 amide bonds. The third-order valence-corrected chi connectivity index (χ3v) is 3.47. The van der Waals surface area contributed by atoms with Gasteiger partial charge in [0.05, 0.1) is 6.20 Å². The number of halogens is 1. The van der Waals surface area contributed by atoms with Crippen molar-refractivity contribution in [3.05, 3.63) is 46.2 Å². The van der Waals surface area contributed by atoms with Crippen molar-refractivity contribution < 1.29 is 0 Å². The van der Waals surface area contributed by atoms with Gasteiger partial charge in [-0.1, -0.05) is 33.3 Å². The van der Waals surface area contributed by atoms with Crippen LogP contribution >= 0.6 is 15.9 Å². The van der Waals surface area contributed by atoms with E-state index in [0.29, 0.717) is 0 Å². The Labute approximate surface area is 116 Å². The number of hydrogen-bond donors (Lipinski definition) is 1. The zero-order chi connectivity index (χ0) is 12.8. The van der Waals surface area contributed by atoms with Crippen LogP contribution in [-0.4, -0.2) is 21.5 Å². The van der Waals surface area contributed by atoms with E-state index in [9.17, 15) is 0 Å². The SMILES string of the molecule is Cc1ccc(CNCCCn2ccnn2)c(Br)c1. The van der Waals surface area contributed by atoms with Crippen molar-refractivity contribution >= 4 is 15.9 Å². The fourth-order valence-electron chi connectivity index (χ4n) is 1.74. The summed E-state index contributed by atoms with van der Waals surface area (Å²) in [5, 5.41) is 11.1. The van der Waals surface area contributed by atoms with Crippen molar-refractivity contribution in [1.82, 2.24) is 20.3 Å². The van der Waals surface area contributed by atoms with Crippen molar-refractivity contribution in [2.45, 2.75) is 26.4 Å². The molecule has 4 nitrogen and oxygen atoms in total. The Morgan fingerprint density at radius 2 is 2.28 bits per heavy atom. The van der Waals surface area contributed by atoms with Gasteiger partial charge < -0.3 is 5.32 Å². The highest BCUT2D eigenvalue weighted by Crippen LogP contribution is 2.17. The van der Waals surface area contributed by atoms with E-state index in [1.54, 1.807) is 6.20 Å². The van der Waals surface area contributed by atoms with Gasteiger partial charge in [0.15, 0.2) is 0 Å². The highest BCUT2D eigenvalue weighted by molar-refractivity contribution is 9.10. The topological polar surface area (TPSA) is 42.7 Å². The lowest BCUT2D eigenvalue weighted by Crippen LogP contribution is -2.17. The summed E-state index contributed by atoms with van der Waals surface area (Å²) in [6.07, 6.45) is 4.64. The van der Waals surface area contributed by atoms with Gasteiger partial charge >= 0.3 is 0 Å². The first kappa shape index (κ1) is 13.2. The average Bonchev–Trinajstić information content (AvgIpc) is 2.84. The van der Waals surface area contributed by atoms with Crippen LogP contribution in [0.1, 0.15) is 17.5 Å². The molecule has 0 aliphatic heterocycles. The number of rotatable bonds is 6. The maximum atomic E-state index is 3.93. The van der Waals surface area contributed by atoms with E-state index in [2.05, 4.69) is 56.7 Å². The number of aromatic nitrogens is 3. The maximum Gasteiger partial charge on any atom is 0.0692 e. The second-order valence-electron chi connectivity index (χ2n) is 4.29. The molecule has 0 unspecified atom stereocenters. The molecule has 0 fully saturated rings. The van der Waals surface area contributed by atoms with E-state index in [1.165, 1.54) is 15.6 Å². The van der Waals surface area contributed by atoms with Gasteiger partial charge in [-0.2, -0.15) is 0 Å². The van der Waals surface area contributed by atoms with Crippen molar-refractivity contribution in [3.8, 4) is 0 Å². The van der Waals surface area contributed by atoms with Gasteiger partial charge in [-0.15, -0.1) is 5.10 Å². The van der Waals surface area contributed by atoms with Gasteiger partial charge in [0.1, 0.15) is 0 Å². The van der Waals surface area contributed by atoms with Crippen LogP contribution in [-0.2, 0) is 13.1 Å². The molecule has 1 aromatic carbocycles. The average molecular weight is 309 g/mol. The highest BCUT2D eigenvalue weighted by Gasteiger charge is 1.99. The van der Waals surface area contributed by atoms with Crippen molar-refractivity contribution in [2.24, 2.45) is 0 Å². The standard InChI is InChI=1S/C13H17BrN4/c1-11-3-4-12(13(14)9-11)10-15-5-2-7-18-8-6-16-17-18/h3-4,6,8-9,15H,2,5,7,10H2,1H3. The number of hydrogen-bond acceptors (Lipinski definition) is 3. The largest absolute Gasteiger partial charge is 0.313 e. The fraction of sp³-hybridized carbons (Fsp3) is 0.385. The van der Waals surface area contributed by atoms with Gasteiger partial charge in [0.25, 0.3) is 0 Å². The molecular formula is C13H17BrN4. The van der Waals surface area contributed by atoms with Gasteiger partial charge in [-0.25, -0.2) is 0 Å². The summed E-state index contributed by atoms with van der Waals surface area (Å²) in [6.45, 7) is 4.86. The van der Waals surface area contributed by atoms with Crippen LogP contribution < -0.4 is 5.32 Å². The zero-order valence-electron chi connectivity index (χ0n) is 10.4. The molecular weight excluding hydrogens is 292 g/mol. The molecule has 0 atom stereocenters. The lowest BCUT2D eigenvalue weighted by molar-refractivity contribution is 0.530. The van der Waals surface area contributed by atoms with Crippen LogP contribution in [0.5, 0.6) is 0 Å². The molecule has 2 rings (SSSR count). The molecule has 0 aliphatic rings. The second-order valence-corrected chi connectivity index (χ2v) is 5.15. The summed E-state index contributed by atoms with van der Waals surface area (Å²) in [4.78, 5) is 0. The minimum absolute atomic E-state index is 0.887. The van der Waals surface area contributed by atoms with Crippen LogP contribution in [0.15, 0.2) is 35.1 Å². The summed E-state index contributed by atoms with van der Waals surface area (Å²) in [5.74, 6) is 0. The molecule has 1 heterocycles. The number of benzene rings is 1. The first-order valence-corrected chi connectivity index (χ1v) is 6.85. The predicted molar refractivity (Wildman–Crippen MR) is 75.2 cm³/mol. The van der Waals surface area contributed by atoms with Crippen LogP contribution in [0.4, 0.5) is 0 Å². The first-order chi connectivity index (χ1) is 8.75. The summed E-state index contributed by atoms with van der Waals surface area (Å²) in [5.41, 5.74) is 2.57. The molecule has 0 radical (unpaired) electrons. The summed E-state index contributed by atoms with van der Waals surface area (Å²) in [6, 6.07) is 6.44. The number of nitrogens with one attached hydrogen (secondary N) is 1. The normalized spacial score (nSPS) is 10.8. The number of nitrogens with zero attached hydrogens (tertiary/aromatic N) is 3. The lowest BCUT2D eigenvalue weighted by Gasteiger charge is -2.07. The predicted octanol–water partition coefficient (Wildman–Crippen LogP) is 2.53. The Balaban J connectivity index is 1.69. The van der Waals surface area contributed by atoms with Gasteiger partial charge in [0, 0.05) is 23.8 Å². The van der Waals surface area contributed by atoms with Gasteiger partial charge in [0.2, 0.25) is 0 Å². The molecule has 96 valence electrons. The molecule has 5 heteroatoms. The Morgan fingerprint density at radius 3 is 3.00 bits per heavy atom. The Kier molecular flexibility index (Phi) is 4.90. The molecule has 1 N–H and O–H groups in total. The van der Waals surface area contributed by atoms with E-state index >= 15 is 0 Å². The third kappa shape index (κ3) is 3.92. The van der Waals surface area contributed by atoms with Gasteiger partial charge in [-0.3, -0.25) is 4.68 Å². The van der Waals surface area contributed by atoms with Crippen LogP contribution in [0, 0.1) is 6.92 Å². The van der Waals surface area contributed by atoms with E-state index in [1.807, 2.05) is 10.9 Å². The molecule has 0 bridgehead atoms. The quantitative estimate of drug-likeness (QED) is 0.834. The summed E-state index contributed by atoms with van der Waals surface area (Å²) in [7, 11) is 0. The second kappa shape index (κ2) is 6.66. The lowest BCUT2D eigenvalue weighted by atomic mass is 10.1. The van der Waals surface area contributed by atoms with Crippen LogP contribution in [0.25, 0.3) is 0 Å². The van der Waals surface area contributed by atoms with Crippen molar-refractivity contribution in [3.63, 3.8) is 0 Å². The molecule has 0 saturated carbocycles. The van der Waals surface area contributed by atoms with E-state index in [0.717, 1.165) is 26.1 Å². The molecule has 0 spiro atoms.